The lowest BCUT2D eigenvalue weighted by Gasteiger charge is -2.44. The average Bonchev–Trinajstić information content (AvgIpc) is 3.74. The lowest BCUT2D eigenvalue weighted by Crippen LogP contribution is -2.61. The number of aliphatic carboxylic acids is 1. The quantitative estimate of drug-likeness (QED) is 0.301. The summed E-state index contributed by atoms with van der Waals surface area (Å²) in [6.07, 6.45) is 1.68. The standard InChI is InChI=1S/C35H39FN6O6S/c1-20-16-22(36)8-11-24(20)29-28(32(43)48-5)25(38-30(39-29)31-37-12-15-49-31)17-40-13-14-41-26(27(40)19-47-4)18-42(34(41)46)23-9-6-21(7-10-23)35(2,3)33(44)45/h6-12,15-16,26-27,29H,13-14,17-19H2,1-5H3,(H,38,39)(H,44,45)/t26-,27-,29+/m1/s1. The molecule has 258 valence electrons. The molecule has 2 fully saturated rings. The number of nitrogens with zero attached hydrogens (tertiary/aromatic N) is 5. The molecule has 0 bridgehead atoms. The Morgan fingerprint density at radius 2 is 1.90 bits per heavy atom. The van der Waals surface area contributed by atoms with Gasteiger partial charge in [0.2, 0.25) is 0 Å². The van der Waals surface area contributed by atoms with Crippen LogP contribution in [0.1, 0.15) is 41.6 Å². The average molecular weight is 691 g/mol. The van der Waals surface area contributed by atoms with Crippen molar-refractivity contribution in [1.82, 2.24) is 20.1 Å². The van der Waals surface area contributed by atoms with Gasteiger partial charge in [0.05, 0.1) is 36.8 Å². The van der Waals surface area contributed by atoms with Gasteiger partial charge in [0, 0.05) is 56.3 Å². The number of rotatable bonds is 10. The highest BCUT2D eigenvalue weighted by atomic mass is 32.1. The minimum atomic E-state index is -1.07. The van der Waals surface area contributed by atoms with E-state index in [4.69, 9.17) is 14.5 Å². The molecule has 2 saturated heterocycles. The van der Waals surface area contributed by atoms with Crippen molar-refractivity contribution in [2.45, 2.75) is 44.3 Å². The number of ether oxygens (including phenoxy) is 2. The Balaban J connectivity index is 1.33. The van der Waals surface area contributed by atoms with Crippen LogP contribution in [-0.4, -0.2) is 103 Å². The second kappa shape index (κ2) is 13.7. The molecule has 2 aromatic carbocycles. The van der Waals surface area contributed by atoms with E-state index < -0.39 is 23.4 Å². The van der Waals surface area contributed by atoms with Gasteiger partial charge in [0.1, 0.15) is 11.9 Å². The van der Waals surface area contributed by atoms with Crippen LogP contribution >= 0.6 is 11.3 Å². The van der Waals surface area contributed by atoms with Crippen LogP contribution in [0.4, 0.5) is 14.9 Å². The van der Waals surface area contributed by atoms with Gasteiger partial charge in [-0.3, -0.25) is 19.6 Å². The Bertz CT molecular complexity index is 1810. The summed E-state index contributed by atoms with van der Waals surface area (Å²) in [6.45, 7) is 7.02. The van der Waals surface area contributed by atoms with Crippen LogP contribution in [0, 0.1) is 12.7 Å². The number of aryl methyl sites for hydroxylation is 1. The van der Waals surface area contributed by atoms with E-state index in [1.165, 1.54) is 30.6 Å². The molecule has 6 rings (SSSR count). The molecule has 3 aliphatic heterocycles. The molecular formula is C35H39FN6O6S. The zero-order valence-electron chi connectivity index (χ0n) is 28.0. The molecule has 1 aromatic heterocycles. The number of aliphatic imine (C=N–C) groups is 1. The molecule has 0 saturated carbocycles. The number of fused-ring (bicyclic) bond motifs is 1. The topological polar surface area (TPSA) is 137 Å². The van der Waals surface area contributed by atoms with E-state index in [0.717, 1.165) is 0 Å². The van der Waals surface area contributed by atoms with Gasteiger partial charge in [-0.2, -0.15) is 0 Å². The number of hydrogen-bond donors (Lipinski definition) is 2. The maximum absolute atomic E-state index is 14.2. The number of hydrogen-bond acceptors (Lipinski definition) is 10. The summed E-state index contributed by atoms with van der Waals surface area (Å²) in [5, 5.41) is 15.5. The molecule has 3 aliphatic rings. The number of carbonyl (C=O) groups is 3. The fraction of sp³-hybridized carbons (Fsp3) is 0.400. The molecule has 3 aromatic rings. The van der Waals surface area contributed by atoms with Crippen molar-refractivity contribution in [3.05, 3.63) is 92.8 Å². The molecule has 12 nitrogen and oxygen atoms in total. The molecule has 0 unspecified atom stereocenters. The van der Waals surface area contributed by atoms with E-state index in [0.29, 0.717) is 70.7 Å². The van der Waals surface area contributed by atoms with Crippen molar-refractivity contribution in [3.8, 4) is 0 Å². The van der Waals surface area contributed by atoms with E-state index in [1.54, 1.807) is 69.3 Å². The Morgan fingerprint density at radius 1 is 1.14 bits per heavy atom. The number of carboxylic acids is 1. The van der Waals surface area contributed by atoms with E-state index >= 15 is 0 Å². The number of aromatic nitrogens is 1. The minimum Gasteiger partial charge on any atom is -0.481 e. The molecule has 2 N–H and O–H groups in total. The third-order valence-corrected chi connectivity index (χ3v) is 10.4. The first-order chi connectivity index (χ1) is 23.4. The monoisotopic (exact) mass is 690 g/mol. The highest BCUT2D eigenvalue weighted by Gasteiger charge is 2.47. The van der Waals surface area contributed by atoms with Crippen LogP contribution in [-0.2, 0) is 24.5 Å². The zero-order valence-corrected chi connectivity index (χ0v) is 28.8. The van der Waals surface area contributed by atoms with E-state index in [9.17, 15) is 23.9 Å². The summed E-state index contributed by atoms with van der Waals surface area (Å²) in [6, 6.07) is 10.1. The van der Waals surface area contributed by atoms with Gasteiger partial charge in [0.15, 0.2) is 10.8 Å². The lowest BCUT2D eigenvalue weighted by atomic mass is 9.85. The van der Waals surface area contributed by atoms with Gasteiger partial charge in [-0.05, 0) is 61.7 Å². The van der Waals surface area contributed by atoms with Gasteiger partial charge in [0.25, 0.3) is 0 Å². The maximum atomic E-state index is 14.2. The lowest BCUT2D eigenvalue weighted by molar-refractivity contribution is -0.142. The number of urea groups is 1. The van der Waals surface area contributed by atoms with Crippen LogP contribution < -0.4 is 10.2 Å². The van der Waals surface area contributed by atoms with Crippen LogP contribution in [0.3, 0.4) is 0 Å². The number of thiazole rings is 1. The summed E-state index contributed by atoms with van der Waals surface area (Å²) < 4.78 is 25.2. The van der Waals surface area contributed by atoms with Gasteiger partial charge in [-0.1, -0.05) is 18.2 Å². The molecule has 2 amide bonds. The summed E-state index contributed by atoms with van der Waals surface area (Å²) in [5.74, 6) is -1.38. The molecule has 4 heterocycles. The summed E-state index contributed by atoms with van der Waals surface area (Å²) in [5.41, 5.74) is 2.45. The number of carboxylic acid groups (broad SMARTS) is 1. The van der Waals surface area contributed by atoms with E-state index in [2.05, 4.69) is 15.2 Å². The van der Waals surface area contributed by atoms with Gasteiger partial charge in [-0.25, -0.2) is 19.0 Å². The van der Waals surface area contributed by atoms with Gasteiger partial charge in [-0.15, -0.1) is 11.3 Å². The van der Waals surface area contributed by atoms with Crippen molar-refractivity contribution < 1.29 is 33.4 Å². The van der Waals surface area contributed by atoms with Crippen molar-refractivity contribution in [2.75, 3.05) is 51.9 Å². The second-order valence-corrected chi connectivity index (χ2v) is 13.7. The minimum absolute atomic E-state index is 0.133. The normalized spacial score (nSPS) is 21.4. The summed E-state index contributed by atoms with van der Waals surface area (Å²) in [7, 11) is 2.94. The summed E-state index contributed by atoms with van der Waals surface area (Å²) >= 11 is 1.40. The molecule has 0 aliphatic carbocycles. The predicted octanol–water partition coefficient (Wildman–Crippen LogP) is 4.11. The fourth-order valence-corrected chi connectivity index (χ4v) is 7.36. The number of carbonyl (C=O) groups excluding carboxylic acids is 2. The zero-order chi connectivity index (χ0) is 35.0. The fourth-order valence-electron chi connectivity index (χ4n) is 6.77. The highest BCUT2D eigenvalue weighted by molar-refractivity contribution is 7.11. The van der Waals surface area contributed by atoms with Crippen molar-refractivity contribution in [3.63, 3.8) is 0 Å². The molecule has 0 radical (unpaired) electrons. The molecule has 3 atom stereocenters. The second-order valence-electron chi connectivity index (χ2n) is 12.9. The van der Waals surface area contributed by atoms with Crippen LogP contribution in [0.15, 0.2) is 70.3 Å². The number of nitrogens with one attached hydrogen (secondary N) is 1. The number of esters is 1. The first-order valence-corrected chi connectivity index (χ1v) is 16.8. The smallest absolute Gasteiger partial charge is 0.338 e. The van der Waals surface area contributed by atoms with Gasteiger partial charge < -0.3 is 24.8 Å². The van der Waals surface area contributed by atoms with E-state index in [-0.39, 0.29) is 30.5 Å². The molecule has 14 heteroatoms. The Hall–Kier alpha value is -4.66. The van der Waals surface area contributed by atoms with Crippen LogP contribution in [0.25, 0.3) is 0 Å². The maximum Gasteiger partial charge on any atom is 0.338 e. The van der Waals surface area contributed by atoms with Crippen LogP contribution in [0.2, 0.25) is 0 Å². The predicted molar refractivity (Wildman–Crippen MR) is 182 cm³/mol. The third kappa shape index (κ3) is 6.43. The number of benzene rings is 2. The Kier molecular flexibility index (Phi) is 9.56. The van der Waals surface area contributed by atoms with Crippen molar-refractivity contribution in [2.24, 2.45) is 4.99 Å². The van der Waals surface area contributed by atoms with Crippen LogP contribution in [0.5, 0.6) is 0 Å². The molecular weight excluding hydrogens is 651 g/mol. The molecule has 0 spiro atoms. The third-order valence-electron chi connectivity index (χ3n) is 9.61. The Morgan fingerprint density at radius 3 is 2.53 bits per heavy atom. The van der Waals surface area contributed by atoms with Gasteiger partial charge >= 0.3 is 18.0 Å². The number of amides is 2. The number of anilines is 1. The van der Waals surface area contributed by atoms with E-state index in [1.807, 2.05) is 10.3 Å². The first kappa shape index (κ1) is 34.2. The Labute approximate surface area is 287 Å². The summed E-state index contributed by atoms with van der Waals surface area (Å²) in [4.78, 5) is 54.2. The highest BCUT2D eigenvalue weighted by Crippen LogP contribution is 2.37. The largest absolute Gasteiger partial charge is 0.481 e. The number of piperazine rings is 1. The first-order valence-electron chi connectivity index (χ1n) is 15.9. The molecule has 49 heavy (non-hydrogen) atoms. The number of amidine groups is 1. The van der Waals surface area contributed by atoms with Crippen molar-refractivity contribution >= 4 is 40.8 Å². The van der Waals surface area contributed by atoms with Crippen molar-refractivity contribution in [1.29, 1.82) is 0 Å². The number of methoxy groups -OCH3 is 2. The number of halogens is 1. The SMILES string of the molecule is COC[C@@H]1[C@H]2CN(c3ccc(C(C)(C)C(=O)O)cc3)C(=O)N2CCN1CC1=C(C(=O)OC)[C@H](c2ccc(F)cc2C)N=C(c2nccs2)N1.